The maximum absolute atomic E-state index is 12.5. The van der Waals surface area contributed by atoms with Crippen LogP contribution in [0, 0.1) is 20.8 Å². The maximum Gasteiger partial charge on any atom is 0.307 e. The minimum Gasteiger partial charge on any atom is -0.273 e. The van der Waals surface area contributed by atoms with Gasteiger partial charge in [0, 0.05) is 11.5 Å². The molecule has 0 spiro atoms. The van der Waals surface area contributed by atoms with E-state index in [4.69, 9.17) is 8.77 Å². The highest BCUT2D eigenvalue weighted by molar-refractivity contribution is 8.39. The summed E-state index contributed by atoms with van der Waals surface area (Å²) in [6.45, 7) is 5.52. The fraction of sp³-hybridized carbons (Fsp3) is 0.500. The Kier molecular flexibility index (Phi) is 4.23. The largest absolute Gasteiger partial charge is 0.307 e. The molecule has 1 atom stereocenters. The number of rotatable bonds is 3. The van der Waals surface area contributed by atoms with Crippen LogP contribution in [-0.2, 0) is 13.7 Å². The van der Waals surface area contributed by atoms with Crippen molar-refractivity contribution in [2.24, 2.45) is 5.14 Å². The van der Waals surface area contributed by atoms with E-state index in [-0.39, 0.29) is 4.90 Å². The van der Waals surface area contributed by atoms with Gasteiger partial charge in [0.1, 0.15) is 4.90 Å². The van der Waals surface area contributed by atoms with Gasteiger partial charge in [-0.15, -0.1) is 11.8 Å². The summed E-state index contributed by atoms with van der Waals surface area (Å²) in [7, 11) is -5.76. The normalized spacial score (nSPS) is 27.2. The lowest BCUT2D eigenvalue weighted by Gasteiger charge is -2.28. The van der Waals surface area contributed by atoms with Gasteiger partial charge in [-0.3, -0.25) is 5.14 Å². The van der Waals surface area contributed by atoms with Crippen molar-refractivity contribution < 1.29 is 12.0 Å². The van der Waals surface area contributed by atoms with Gasteiger partial charge in [0.25, 0.3) is 0 Å². The van der Waals surface area contributed by atoms with Gasteiger partial charge in [-0.2, -0.15) is 8.42 Å². The van der Waals surface area contributed by atoms with E-state index in [1.54, 1.807) is 25.6 Å². The van der Waals surface area contributed by atoms with Crippen molar-refractivity contribution in [3.8, 4) is 0 Å². The van der Waals surface area contributed by atoms with Crippen LogP contribution in [0.25, 0.3) is 0 Å². The van der Waals surface area contributed by atoms with Crippen molar-refractivity contribution in [1.82, 2.24) is 0 Å². The smallest absolute Gasteiger partial charge is 0.273 e. The topological polar surface area (TPSA) is 69.4 Å². The fourth-order valence-corrected chi connectivity index (χ4v) is 9.35. The van der Waals surface area contributed by atoms with E-state index in [2.05, 4.69) is 0 Å². The van der Waals surface area contributed by atoms with Crippen LogP contribution in [0.15, 0.2) is 17.0 Å². The summed E-state index contributed by atoms with van der Waals surface area (Å²) < 4.78 is 30.3. The molecule has 1 aromatic carbocycles. The zero-order valence-electron chi connectivity index (χ0n) is 11.3. The molecule has 0 saturated carbocycles. The first-order valence-corrected chi connectivity index (χ1v) is 10.4. The lowest BCUT2D eigenvalue weighted by atomic mass is 10.1. The SMILES string of the molecule is Cc1cc(C)c(S(=O)(=O)OS2(N)CCSC2)c(C)c1. The number of nitrogens with two attached hydrogens (primary N) is 1. The number of aryl methyl sites for hydroxylation is 3. The molecule has 1 aliphatic rings. The Bertz CT molecular complexity index is 569. The van der Waals surface area contributed by atoms with E-state index < -0.39 is 20.6 Å². The first kappa shape index (κ1) is 15.2. The van der Waals surface area contributed by atoms with Gasteiger partial charge >= 0.3 is 10.1 Å². The predicted octanol–water partition coefficient (Wildman–Crippen LogP) is 2.61. The summed E-state index contributed by atoms with van der Waals surface area (Å²) in [6.07, 6.45) is 0. The van der Waals surface area contributed by atoms with E-state index in [1.807, 2.05) is 19.1 Å². The third-order valence-electron chi connectivity index (χ3n) is 2.94. The average molecular weight is 321 g/mol. The maximum atomic E-state index is 12.5. The number of thioether (sulfide) groups is 1. The Morgan fingerprint density at radius 3 is 2.32 bits per heavy atom. The van der Waals surface area contributed by atoms with Crippen molar-refractivity contribution in [3.63, 3.8) is 0 Å². The summed E-state index contributed by atoms with van der Waals surface area (Å²) in [5.41, 5.74) is 2.47. The van der Waals surface area contributed by atoms with Gasteiger partial charge in [0.05, 0.1) is 5.08 Å². The van der Waals surface area contributed by atoms with Gasteiger partial charge in [-0.25, -0.2) is 3.63 Å². The van der Waals surface area contributed by atoms with E-state index in [0.717, 1.165) is 11.3 Å². The van der Waals surface area contributed by atoms with Crippen LogP contribution >= 0.6 is 22.3 Å². The van der Waals surface area contributed by atoms with Crippen molar-refractivity contribution >= 4 is 32.4 Å². The first-order chi connectivity index (χ1) is 8.73. The summed E-state index contributed by atoms with van der Waals surface area (Å²) in [5.74, 6) is 1.51. The summed E-state index contributed by atoms with van der Waals surface area (Å²) in [6, 6.07) is 3.70. The molecule has 108 valence electrons. The van der Waals surface area contributed by atoms with Crippen LogP contribution in [0.5, 0.6) is 0 Å². The van der Waals surface area contributed by atoms with Crippen LogP contribution in [-0.4, -0.2) is 25.0 Å². The molecule has 1 aliphatic heterocycles. The van der Waals surface area contributed by atoms with E-state index in [0.29, 0.717) is 22.0 Å². The standard InChI is InChI=1S/C12H19NO3S3/c1-9-6-10(2)12(11(3)7-9)19(14,15)16-18(13)5-4-17-8-18/h6-7H,4-5,8,13H2,1-3H3. The molecule has 1 fully saturated rings. The lowest BCUT2D eigenvalue weighted by molar-refractivity contribution is 0.509. The Balaban J connectivity index is 2.40. The third-order valence-corrected chi connectivity index (χ3v) is 9.79. The lowest BCUT2D eigenvalue weighted by Crippen LogP contribution is -2.21. The van der Waals surface area contributed by atoms with Gasteiger partial charge in [0.2, 0.25) is 0 Å². The van der Waals surface area contributed by atoms with E-state index >= 15 is 0 Å². The molecule has 7 heteroatoms. The van der Waals surface area contributed by atoms with Gasteiger partial charge in [-0.05, 0) is 31.9 Å². The Hall–Kier alpha value is -0.210. The fourth-order valence-electron chi connectivity index (χ4n) is 2.29. The highest BCUT2D eigenvalue weighted by Gasteiger charge is 2.33. The van der Waals surface area contributed by atoms with Crippen molar-refractivity contribution in [2.75, 3.05) is 16.6 Å². The van der Waals surface area contributed by atoms with Gasteiger partial charge in [0.15, 0.2) is 0 Å². The molecule has 0 amide bonds. The molecule has 2 rings (SSSR count). The Morgan fingerprint density at radius 2 is 1.84 bits per heavy atom. The molecule has 0 radical (unpaired) electrons. The molecule has 1 aromatic rings. The number of hydrogen-bond acceptors (Lipinski definition) is 5. The molecule has 2 N–H and O–H groups in total. The zero-order valence-corrected chi connectivity index (χ0v) is 13.8. The molecule has 0 aliphatic carbocycles. The molecule has 1 unspecified atom stereocenters. The Labute approximate surface area is 120 Å². The monoisotopic (exact) mass is 321 g/mol. The summed E-state index contributed by atoms with van der Waals surface area (Å²) in [5, 5.41) is 6.67. The first-order valence-electron chi connectivity index (χ1n) is 5.92. The van der Waals surface area contributed by atoms with Crippen molar-refractivity contribution in [3.05, 3.63) is 28.8 Å². The highest BCUT2D eigenvalue weighted by atomic mass is 32.3. The molecule has 4 nitrogen and oxygen atoms in total. The molecule has 0 bridgehead atoms. The van der Waals surface area contributed by atoms with Gasteiger partial charge in [-0.1, -0.05) is 28.2 Å². The zero-order chi connectivity index (χ0) is 14.3. The number of hydrogen-bond donors (Lipinski definition) is 1. The summed E-state index contributed by atoms with van der Waals surface area (Å²) in [4.78, 5) is 0.271. The molecule has 1 heterocycles. The molecule has 1 saturated heterocycles. The Morgan fingerprint density at radius 1 is 1.26 bits per heavy atom. The van der Waals surface area contributed by atoms with E-state index in [1.165, 1.54) is 0 Å². The summed E-state index contributed by atoms with van der Waals surface area (Å²) >= 11 is 1.65. The van der Waals surface area contributed by atoms with Gasteiger partial charge < -0.3 is 0 Å². The minimum atomic E-state index is -3.78. The van der Waals surface area contributed by atoms with Crippen LogP contribution in [0.4, 0.5) is 0 Å². The quantitative estimate of drug-likeness (QED) is 0.927. The minimum absolute atomic E-state index is 0.271. The second kappa shape index (κ2) is 5.29. The van der Waals surface area contributed by atoms with Crippen LogP contribution < -0.4 is 5.14 Å². The second-order valence-corrected chi connectivity index (χ2v) is 10.6. The second-order valence-electron chi connectivity index (χ2n) is 4.85. The predicted molar refractivity (Wildman–Crippen MR) is 82.9 cm³/mol. The van der Waals surface area contributed by atoms with Crippen molar-refractivity contribution in [2.45, 2.75) is 25.7 Å². The number of benzene rings is 1. The molecular weight excluding hydrogens is 302 g/mol. The van der Waals surface area contributed by atoms with E-state index in [9.17, 15) is 8.42 Å². The third kappa shape index (κ3) is 3.28. The van der Waals surface area contributed by atoms with Crippen LogP contribution in [0.1, 0.15) is 16.7 Å². The van der Waals surface area contributed by atoms with Crippen LogP contribution in [0.3, 0.4) is 0 Å². The molecule has 19 heavy (non-hydrogen) atoms. The van der Waals surface area contributed by atoms with Crippen LogP contribution in [0.2, 0.25) is 0 Å². The molecular formula is C12H19NO3S3. The molecule has 0 aromatic heterocycles. The van der Waals surface area contributed by atoms with Crippen molar-refractivity contribution in [1.29, 1.82) is 0 Å². The highest BCUT2D eigenvalue weighted by Crippen LogP contribution is 2.52. The average Bonchev–Trinajstić information content (AvgIpc) is 2.60.